The molecule has 0 radical (unpaired) electrons. The van der Waals surface area contributed by atoms with Gasteiger partial charge in [-0.15, -0.1) is 22.7 Å². The second-order valence-corrected chi connectivity index (χ2v) is 7.43. The molecule has 2 aromatic heterocycles. The van der Waals surface area contributed by atoms with Gasteiger partial charge in [-0.25, -0.2) is 0 Å². The van der Waals surface area contributed by atoms with Gasteiger partial charge in [0.2, 0.25) is 5.91 Å². The van der Waals surface area contributed by atoms with E-state index >= 15 is 0 Å². The molecule has 0 spiro atoms. The zero-order valence-corrected chi connectivity index (χ0v) is 14.9. The van der Waals surface area contributed by atoms with Crippen molar-refractivity contribution in [3.8, 4) is 0 Å². The minimum Gasteiger partial charge on any atom is -0.355 e. The lowest BCUT2D eigenvalue weighted by Crippen LogP contribution is -2.36. The molecule has 3 nitrogen and oxygen atoms in total. The number of amides is 1. The lowest BCUT2D eigenvalue weighted by atomic mass is 10.1. The van der Waals surface area contributed by atoms with Crippen LogP contribution in [0.5, 0.6) is 0 Å². The van der Waals surface area contributed by atoms with E-state index in [1.54, 1.807) is 22.7 Å². The minimum absolute atomic E-state index is 0.0315. The fraction of sp³-hybridized carbons (Fsp3) is 0.211. The summed E-state index contributed by atoms with van der Waals surface area (Å²) >= 11 is 3.42. The molecule has 2 N–H and O–H groups in total. The summed E-state index contributed by atoms with van der Waals surface area (Å²) < 4.78 is 0. The van der Waals surface area contributed by atoms with E-state index in [0.29, 0.717) is 13.1 Å². The standard InChI is InChI=1S/C19H20N2OS2/c22-18(20-11-10-16-8-4-12-23-16)14-21-19(17-9-5-13-24-17)15-6-2-1-3-7-15/h1-9,12-13,19,21H,10-11,14H2,(H,20,22)/t19-/m1/s1. The number of benzene rings is 1. The maximum absolute atomic E-state index is 12.1. The van der Waals surface area contributed by atoms with E-state index in [1.165, 1.54) is 15.3 Å². The Labute approximate surface area is 150 Å². The van der Waals surface area contributed by atoms with Gasteiger partial charge in [-0.1, -0.05) is 42.5 Å². The van der Waals surface area contributed by atoms with Gasteiger partial charge >= 0.3 is 0 Å². The molecule has 1 amide bonds. The summed E-state index contributed by atoms with van der Waals surface area (Å²) in [5, 5.41) is 10.5. The molecule has 1 atom stereocenters. The third-order valence-electron chi connectivity index (χ3n) is 3.70. The molecular weight excluding hydrogens is 336 g/mol. The Morgan fingerprint density at radius 2 is 1.75 bits per heavy atom. The summed E-state index contributed by atoms with van der Waals surface area (Å²) in [5.74, 6) is 0.0315. The Hall–Kier alpha value is -1.95. The SMILES string of the molecule is O=C(CN[C@H](c1ccccc1)c1cccs1)NCCc1cccs1. The van der Waals surface area contributed by atoms with Crippen molar-refractivity contribution in [3.63, 3.8) is 0 Å². The molecule has 0 bridgehead atoms. The smallest absolute Gasteiger partial charge is 0.233 e. The third kappa shape index (κ3) is 4.77. The van der Waals surface area contributed by atoms with Crippen LogP contribution in [0.3, 0.4) is 0 Å². The van der Waals surface area contributed by atoms with Crippen LogP contribution in [0.4, 0.5) is 0 Å². The summed E-state index contributed by atoms with van der Waals surface area (Å²) in [6.45, 7) is 0.984. The molecule has 3 aromatic rings. The van der Waals surface area contributed by atoms with Gasteiger partial charge in [-0.3, -0.25) is 10.1 Å². The summed E-state index contributed by atoms with van der Waals surface area (Å²) in [6.07, 6.45) is 0.885. The first-order chi connectivity index (χ1) is 11.8. The number of carbonyl (C=O) groups excluding carboxylic acids is 1. The highest BCUT2D eigenvalue weighted by Gasteiger charge is 2.15. The molecule has 0 unspecified atom stereocenters. The van der Waals surface area contributed by atoms with Crippen LogP contribution in [0.2, 0.25) is 0 Å². The molecule has 24 heavy (non-hydrogen) atoms. The van der Waals surface area contributed by atoms with Crippen LogP contribution in [0, 0.1) is 0 Å². The van der Waals surface area contributed by atoms with Gasteiger partial charge in [-0.05, 0) is 34.9 Å². The second kappa shape index (κ2) is 8.78. The molecule has 0 saturated heterocycles. The number of rotatable bonds is 8. The van der Waals surface area contributed by atoms with E-state index in [9.17, 15) is 4.79 Å². The van der Waals surface area contributed by atoms with Crippen molar-refractivity contribution in [2.45, 2.75) is 12.5 Å². The highest BCUT2D eigenvalue weighted by Crippen LogP contribution is 2.25. The van der Waals surface area contributed by atoms with E-state index < -0.39 is 0 Å². The molecule has 0 saturated carbocycles. The summed E-state index contributed by atoms with van der Waals surface area (Å²) in [6, 6.07) is 18.6. The number of nitrogens with one attached hydrogen (secondary N) is 2. The summed E-state index contributed by atoms with van der Waals surface area (Å²) in [7, 11) is 0. The van der Waals surface area contributed by atoms with Gasteiger partial charge in [-0.2, -0.15) is 0 Å². The topological polar surface area (TPSA) is 41.1 Å². The minimum atomic E-state index is 0.0315. The van der Waals surface area contributed by atoms with Gasteiger partial charge in [0.05, 0.1) is 12.6 Å². The van der Waals surface area contributed by atoms with Crippen LogP contribution in [0.25, 0.3) is 0 Å². The predicted octanol–water partition coefficient (Wildman–Crippen LogP) is 3.85. The normalized spacial score (nSPS) is 12.0. The number of thiophene rings is 2. The van der Waals surface area contributed by atoms with E-state index in [2.05, 4.69) is 45.7 Å². The van der Waals surface area contributed by atoms with Crippen molar-refractivity contribution in [2.75, 3.05) is 13.1 Å². The third-order valence-corrected chi connectivity index (χ3v) is 5.57. The molecule has 0 aliphatic rings. The van der Waals surface area contributed by atoms with Crippen molar-refractivity contribution in [1.29, 1.82) is 0 Å². The monoisotopic (exact) mass is 356 g/mol. The van der Waals surface area contributed by atoms with E-state index in [1.807, 2.05) is 30.3 Å². The van der Waals surface area contributed by atoms with Crippen LogP contribution >= 0.6 is 22.7 Å². The first-order valence-electron chi connectivity index (χ1n) is 7.94. The highest BCUT2D eigenvalue weighted by atomic mass is 32.1. The highest BCUT2D eigenvalue weighted by molar-refractivity contribution is 7.10. The first kappa shape index (κ1) is 16.9. The van der Waals surface area contributed by atoms with Crippen LogP contribution in [0.15, 0.2) is 65.4 Å². The van der Waals surface area contributed by atoms with Gasteiger partial charge in [0.1, 0.15) is 0 Å². The van der Waals surface area contributed by atoms with E-state index in [-0.39, 0.29) is 11.9 Å². The number of carbonyl (C=O) groups is 1. The van der Waals surface area contributed by atoms with E-state index in [0.717, 1.165) is 6.42 Å². The van der Waals surface area contributed by atoms with Gasteiger partial charge in [0, 0.05) is 16.3 Å². The lowest BCUT2D eigenvalue weighted by Gasteiger charge is -2.18. The number of hydrogen-bond donors (Lipinski definition) is 2. The van der Waals surface area contributed by atoms with Gasteiger partial charge < -0.3 is 5.32 Å². The molecular formula is C19H20N2OS2. The molecule has 3 rings (SSSR count). The largest absolute Gasteiger partial charge is 0.355 e. The Balaban J connectivity index is 1.53. The Morgan fingerprint density at radius 1 is 0.958 bits per heavy atom. The zero-order valence-electron chi connectivity index (χ0n) is 13.3. The Bertz CT molecular complexity index is 724. The second-order valence-electron chi connectivity index (χ2n) is 5.42. The molecule has 0 aliphatic heterocycles. The van der Waals surface area contributed by atoms with Crippen molar-refractivity contribution in [1.82, 2.24) is 10.6 Å². The molecule has 5 heteroatoms. The van der Waals surface area contributed by atoms with Crippen molar-refractivity contribution < 1.29 is 4.79 Å². The number of hydrogen-bond acceptors (Lipinski definition) is 4. The fourth-order valence-electron chi connectivity index (χ4n) is 2.52. The summed E-state index contributed by atoms with van der Waals surface area (Å²) in [4.78, 5) is 14.6. The fourth-order valence-corrected chi connectivity index (χ4v) is 4.06. The quantitative estimate of drug-likeness (QED) is 0.644. The van der Waals surface area contributed by atoms with E-state index in [4.69, 9.17) is 0 Å². The Kier molecular flexibility index (Phi) is 6.18. The predicted molar refractivity (Wildman–Crippen MR) is 102 cm³/mol. The van der Waals surface area contributed by atoms with Crippen LogP contribution in [0.1, 0.15) is 21.4 Å². The maximum Gasteiger partial charge on any atom is 0.233 e. The van der Waals surface area contributed by atoms with Crippen molar-refractivity contribution in [3.05, 3.63) is 80.7 Å². The first-order valence-corrected chi connectivity index (χ1v) is 9.69. The maximum atomic E-state index is 12.1. The van der Waals surface area contributed by atoms with Gasteiger partial charge in [0.15, 0.2) is 0 Å². The van der Waals surface area contributed by atoms with Crippen molar-refractivity contribution >= 4 is 28.6 Å². The average molecular weight is 357 g/mol. The van der Waals surface area contributed by atoms with Gasteiger partial charge in [0.25, 0.3) is 0 Å². The molecule has 1 aromatic carbocycles. The Morgan fingerprint density at radius 3 is 2.46 bits per heavy atom. The summed E-state index contributed by atoms with van der Waals surface area (Å²) in [5.41, 5.74) is 1.17. The lowest BCUT2D eigenvalue weighted by molar-refractivity contribution is -0.120. The van der Waals surface area contributed by atoms with Crippen LogP contribution in [-0.2, 0) is 11.2 Å². The molecule has 0 aliphatic carbocycles. The van der Waals surface area contributed by atoms with Crippen molar-refractivity contribution in [2.24, 2.45) is 0 Å². The molecule has 2 heterocycles. The molecule has 0 fully saturated rings. The van der Waals surface area contributed by atoms with Crippen LogP contribution in [-0.4, -0.2) is 19.0 Å². The molecule has 124 valence electrons. The average Bonchev–Trinajstić information content (AvgIpc) is 3.30. The zero-order chi connectivity index (χ0) is 16.6. The van der Waals surface area contributed by atoms with Crippen LogP contribution < -0.4 is 10.6 Å².